The molecule has 0 rings (SSSR count). The quantitative estimate of drug-likeness (QED) is 0.387. The molecule has 3 heteroatoms. The third-order valence-corrected chi connectivity index (χ3v) is 2.04. The van der Waals surface area contributed by atoms with Crippen LogP contribution in [0.25, 0.3) is 0 Å². The molecule has 0 atom stereocenters. The molecule has 0 radical (unpaired) electrons. The average Bonchev–Trinajstić information content (AvgIpc) is 2.16. The number of unbranched alkanes of at least 4 members (excludes halogenated alkanes) is 2. The Bertz CT molecular complexity index is 188. The van der Waals surface area contributed by atoms with Crippen molar-refractivity contribution in [3.8, 4) is 0 Å². The summed E-state index contributed by atoms with van der Waals surface area (Å²) in [5.41, 5.74) is 5.88. The molecule has 0 aromatic carbocycles. The van der Waals surface area contributed by atoms with Gasteiger partial charge in [0.15, 0.2) is 0 Å². The molecule has 0 aliphatic heterocycles. The van der Waals surface area contributed by atoms with Crippen LogP contribution in [0.4, 0.5) is 0 Å². The molecule has 0 saturated carbocycles. The highest BCUT2D eigenvalue weighted by atomic mass is 16.5. The highest BCUT2D eigenvalue weighted by Crippen LogP contribution is 2.08. The summed E-state index contributed by atoms with van der Waals surface area (Å²) in [6.07, 6.45) is 2.88. The summed E-state index contributed by atoms with van der Waals surface area (Å²) < 4.78 is 5.03. The zero-order valence-corrected chi connectivity index (χ0v) is 9.21. The molecule has 0 fully saturated rings. The fourth-order valence-corrected chi connectivity index (χ4v) is 0.916. The van der Waals surface area contributed by atoms with E-state index in [4.69, 9.17) is 10.5 Å². The van der Waals surface area contributed by atoms with E-state index in [0.29, 0.717) is 18.7 Å². The number of ether oxygens (including phenoxy) is 1. The maximum Gasteiger partial charge on any atom is 0.333 e. The minimum atomic E-state index is -0.271. The van der Waals surface area contributed by atoms with Gasteiger partial charge in [0.25, 0.3) is 0 Å². The Morgan fingerprint density at radius 1 is 1.36 bits per heavy atom. The standard InChI is InChI=1S/C11H21NO2/c1-9(2)10(3)11(13)14-8-6-4-5-7-12/h9H,3-8,12H2,1-2H3. The number of carbonyl (C=O) groups is 1. The van der Waals surface area contributed by atoms with E-state index >= 15 is 0 Å². The van der Waals surface area contributed by atoms with Gasteiger partial charge in [-0.15, -0.1) is 0 Å². The maximum absolute atomic E-state index is 11.3. The lowest BCUT2D eigenvalue weighted by atomic mass is 10.1. The van der Waals surface area contributed by atoms with E-state index in [1.54, 1.807) is 0 Å². The van der Waals surface area contributed by atoms with Crippen molar-refractivity contribution in [2.24, 2.45) is 11.7 Å². The monoisotopic (exact) mass is 199 g/mol. The number of esters is 1. The van der Waals surface area contributed by atoms with Crippen molar-refractivity contribution in [3.05, 3.63) is 12.2 Å². The SMILES string of the molecule is C=C(C(=O)OCCCCCN)C(C)C. The van der Waals surface area contributed by atoms with Crippen LogP contribution in [0.1, 0.15) is 33.1 Å². The molecule has 0 aromatic rings. The van der Waals surface area contributed by atoms with Crippen LogP contribution >= 0.6 is 0 Å². The van der Waals surface area contributed by atoms with Crippen molar-refractivity contribution in [1.29, 1.82) is 0 Å². The molecule has 0 bridgehead atoms. The van der Waals surface area contributed by atoms with Crippen molar-refractivity contribution < 1.29 is 9.53 Å². The summed E-state index contributed by atoms with van der Waals surface area (Å²) in [4.78, 5) is 11.3. The molecule has 14 heavy (non-hydrogen) atoms. The Morgan fingerprint density at radius 2 is 2.00 bits per heavy atom. The van der Waals surface area contributed by atoms with Crippen LogP contribution in [0.2, 0.25) is 0 Å². The second kappa shape index (κ2) is 7.56. The van der Waals surface area contributed by atoms with Gasteiger partial charge in [-0.25, -0.2) is 4.79 Å². The molecule has 0 saturated heterocycles. The van der Waals surface area contributed by atoms with Gasteiger partial charge < -0.3 is 10.5 Å². The first kappa shape index (κ1) is 13.2. The first-order valence-electron chi connectivity index (χ1n) is 5.15. The number of hydrogen-bond acceptors (Lipinski definition) is 3. The first-order valence-corrected chi connectivity index (χ1v) is 5.15. The van der Waals surface area contributed by atoms with Crippen LogP contribution in [0.15, 0.2) is 12.2 Å². The van der Waals surface area contributed by atoms with Gasteiger partial charge in [-0.1, -0.05) is 20.4 Å². The molecule has 0 aliphatic rings. The van der Waals surface area contributed by atoms with E-state index in [9.17, 15) is 4.79 Å². The van der Waals surface area contributed by atoms with Gasteiger partial charge in [-0.3, -0.25) is 0 Å². The topological polar surface area (TPSA) is 52.3 Å². The Hall–Kier alpha value is -0.830. The molecule has 82 valence electrons. The minimum Gasteiger partial charge on any atom is -0.462 e. The minimum absolute atomic E-state index is 0.159. The van der Waals surface area contributed by atoms with E-state index < -0.39 is 0 Å². The van der Waals surface area contributed by atoms with Crippen LogP contribution in [0.5, 0.6) is 0 Å². The number of carbonyl (C=O) groups excluding carboxylic acids is 1. The van der Waals surface area contributed by atoms with E-state index in [1.165, 1.54) is 0 Å². The van der Waals surface area contributed by atoms with Gasteiger partial charge >= 0.3 is 5.97 Å². The summed E-state index contributed by atoms with van der Waals surface area (Å²) in [7, 11) is 0. The largest absolute Gasteiger partial charge is 0.462 e. The maximum atomic E-state index is 11.3. The lowest BCUT2D eigenvalue weighted by molar-refractivity contribution is -0.139. The summed E-state index contributed by atoms with van der Waals surface area (Å²) in [5, 5.41) is 0. The predicted molar refractivity (Wildman–Crippen MR) is 57.8 cm³/mol. The average molecular weight is 199 g/mol. The van der Waals surface area contributed by atoms with E-state index in [0.717, 1.165) is 19.3 Å². The van der Waals surface area contributed by atoms with Crippen molar-refractivity contribution in [3.63, 3.8) is 0 Å². The van der Waals surface area contributed by atoms with Crippen LogP contribution in [0, 0.1) is 5.92 Å². The van der Waals surface area contributed by atoms with Crippen molar-refractivity contribution in [2.75, 3.05) is 13.2 Å². The van der Waals surface area contributed by atoms with Crippen LogP contribution in [-0.2, 0) is 9.53 Å². The molecule has 2 N–H and O–H groups in total. The third kappa shape index (κ3) is 5.75. The number of rotatable bonds is 7. The van der Waals surface area contributed by atoms with Crippen molar-refractivity contribution in [1.82, 2.24) is 0 Å². The normalized spacial score (nSPS) is 10.3. The van der Waals surface area contributed by atoms with Crippen molar-refractivity contribution in [2.45, 2.75) is 33.1 Å². The molecule has 0 spiro atoms. The number of hydrogen-bond donors (Lipinski definition) is 1. The fourth-order valence-electron chi connectivity index (χ4n) is 0.916. The summed E-state index contributed by atoms with van der Waals surface area (Å²) >= 11 is 0. The van der Waals surface area contributed by atoms with E-state index in [-0.39, 0.29) is 11.9 Å². The van der Waals surface area contributed by atoms with Gasteiger partial charge in [-0.05, 0) is 31.7 Å². The first-order chi connectivity index (χ1) is 6.59. The molecule has 0 amide bonds. The molecule has 3 nitrogen and oxygen atoms in total. The molecule has 0 aromatic heterocycles. The zero-order chi connectivity index (χ0) is 11.0. The Kier molecular flexibility index (Phi) is 7.11. The van der Waals surface area contributed by atoms with Gasteiger partial charge in [-0.2, -0.15) is 0 Å². The smallest absolute Gasteiger partial charge is 0.333 e. The van der Waals surface area contributed by atoms with Gasteiger partial charge in [0, 0.05) is 5.57 Å². The Morgan fingerprint density at radius 3 is 2.50 bits per heavy atom. The Balaban J connectivity index is 3.49. The predicted octanol–water partition coefficient (Wildman–Crippen LogP) is 1.87. The fraction of sp³-hybridized carbons (Fsp3) is 0.727. The lowest BCUT2D eigenvalue weighted by Gasteiger charge is -2.09. The van der Waals surface area contributed by atoms with Gasteiger partial charge in [0.2, 0.25) is 0 Å². The van der Waals surface area contributed by atoms with E-state index in [1.807, 2.05) is 13.8 Å². The molecule has 0 heterocycles. The zero-order valence-electron chi connectivity index (χ0n) is 9.21. The molecular weight excluding hydrogens is 178 g/mol. The van der Waals surface area contributed by atoms with Crippen LogP contribution in [-0.4, -0.2) is 19.1 Å². The van der Waals surface area contributed by atoms with Gasteiger partial charge in [0.1, 0.15) is 0 Å². The molecule has 0 aliphatic carbocycles. The lowest BCUT2D eigenvalue weighted by Crippen LogP contribution is -2.12. The summed E-state index contributed by atoms with van der Waals surface area (Å²) in [6.45, 7) is 8.71. The second-order valence-corrected chi connectivity index (χ2v) is 3.67. The van der Waals surface area contributed by atoms with Gasteiger partial charge in [0.05, 0.1) is 6.61 Å². The Labute approximate surface area is 86.3 Å². The van der Waals surface area contributed by atoms with Crippen LogP contribution < -0.4 is 5.73 Å². The van der Waals surface area contributed by atoms with Crippen molar-refractivity contribution >= 4 is 5.97 Å². The summed E-state index contributed by atoms with van der Waals surface area (Å²) in [5.74, 6) is -0.112. The second-order valence-electron chi connectivity index (χ2n) is 3.67. The van der Waals surface area contributed by atoms with E-state index in [2.05, 4.69) is 6.58 Å². The summed E-state index contributed by atoms with van der Waals surface area (Å²) in [6, 6.07) is 0. The third-order valence-electron chi connectivity index (χ3n) is 2.04. The molecule has 0 unspecified atom stereocenters. The van der Waals surface area contributed by atoms with Crippen LogP contribution in [0.3, 0.4) is 0 Å². The highest BCUT2D eigenvalue weighted by Gasteiger charge is 2.11. The number of nitrogens with two attached hydrogens (primary N) is 1. The highest BCUT2D eigenvalue weighted by molar-refractivity contribution is 5.88. The molecular formula is C11H21NO2.